The zero-order chi connectivity index (χ0) is 12.5. The highest BCUT2D eigenvalue weighted by atomic mass is 16.1. The molecule has 0 aromatic carbocycles. The number of amides is 1. The number of hydrogen-bond donors (Lipinski definition) is 3. The average molecular weight is 247 g/mol. The summed E-state index contributed by atoms with van der Waals surface area (Å²) in [5, 5.41) is 9.29. The van der Waals surface area contributed by atoms with Crippen LogP contribution in [0.1, 0.15) is 10.5 Å². The summed E-state index contributed by atoms with van der Waals surface area (Å²) < 4.78 is 0. The largest absolute Gasteiger partial charge is 0.366 e. The summed E-state index contributed by atoms with van der Waals surface area (Å²) in [6.07, 6.45) is 0. The second-order valence-corrected chi connectivity index (χ2v) is 4.58. The van der Waals surface area contributed by atoms with Gasteiger partial charge in [0.2, 0.25) is 0 Å². The molecule has 1 aromatic rings. The molecule has 6 nitrogen and oxygen atoms in total. The Morgan fingerprint density at radius 2 is 2.39 bits per heavy atom. The predicted octanol–water partition coefficient (Wildman–Crippen LogP) is -0.355. The van der Waals surface area contributed by atoms with Crippen LogP contribution in [0.4, 0.5) is 11.5 Å². The highest BCUT2D eigenvalue weighted by Crippen LogP contribution is 2.30. The highest BCUT2D eigenvalue weighted by molar-refractivity contribution is 5.93. The van der Waals surface area contributed by atoms with Crippen molar-refractivity contribution in [1.82, 2.24) is 15.6 Å². The number of hydrogen-bond acceptors (Lipinski definition) is 5. The number of aromatic nitrogens is 1. The number of fused-ring (bicyclic) bond motifs is 3. The van der Waals surface area contributed by atoms with Crippen LogP contribution in [0.15, 0.2) is 12.1 Å². The summed E-state index contributed by atoms with van der Waals surface area (Å²) in [5.74, 6) is 0.663. The van der Waals surface area contributed by atoms with Crippen molar-refractivity contribution in [2.24, 2.45) is 0 Å². The first kappa shape index (κ1) is 11.3. The van der Waals surface area contributed by atoms with Crippen LogP contribution in [-0.2, 0) is 0 Å². The molecule has 0 radical (unpaired) electrons. The van der Waals surface area contributed by atoms with Crippen molar-refractivity contribution in [3.05, 3.63) is 17.8 Å². The molecule has 1 atom stereocenters. The van der Waals surface area contributed by atoms with E-state index in [2.05, 4.69) is 25.8 Å². The SMILES string of the molecule is CNC(=O)c1ccc2c(n1)NCC1CNCCN21. The molecule has 1 fully saturated rings. The van der Waals surface area contributed by atoms with E-state index in [1.807, 2.05) is 6.07 Å². The van der Waals surface area contributed by atoms with Gasteiger partial charge >= 0.3 is 0 Å². The fourth-order valence-electron chi connectivity index (χ4n) is 2.54. The van der Waals surface area contributed by atoms with E-state index in [9.17, 15) is 4.79 Å². The molecule has 0 bridgehead atoms. The lowest BCUT2D eigenvalue weighted by Gasteiger charge is -2.42. The monoisotopic (exact) mass is 247 g/mol. The van der Waals surface area contributed by atoms with E-state index in [-0.39, 0.29) is 5.91 Å². The van der Waals surface area contributed by atoms with Gasteiger partial charge in [-0.05, 0) is 12.1 Å². The van der Waals surface area contributed by atoms with E-state index in [0.29, 0.717) is 11.7 Å². The number of nitrogens with zero attached hydrogens (tertiary/aromatic N) is 2. The normalized spacial score (nSPS) is 21.6. The molecule has 2 aliphatic rings. The van der Waals surface area contributed by atoms with Crippen LogP contribution in [0.2, 0.25) is 0 Å². The van der Waals surface area contributed by atoms with E-state index in [1.54, 1.807) is 13.1 Å². The zero-order valence-electron chi connectivity index (χ0n) is 10.4. The third kappa shape index (κ3) is 1.78. The molecule has 1 saturated heterocycles. The van der Waals surface area contributed by atoms with Gasteiger partial charge < -0.3 is 20.9 Å². The Hall–Kier alpha value is -1.82. The van der Waals surface area contributed by atoms with Gasteiger partial charge in [-0.2, -0.15) is 0 Å². The van der Waals surface area contributed by atoms with Crippen LogP contribution >= 0.6 is 0 Å². The second kappa shape index (κ2) is 4.45. The molecule has 1 unspecified atom stereocenters. The lowest BCUT2D eigenvalue weighted by Crippen LogP contribution is -2.56. The number of anilines is 2. The molecule has 0 saturated carbocycles. The lowest BCUT2D eigenvalue weighted by atomic mass is 10.1. The van der Waals surface area contributed by atoms with Crippen LogP contribution in [0.5, 0.6) is 0 Å². The van der Waals surface area contributed by atoms with Gasteiger partial charge in [0.25, 0.3) is 5.91 Å². The van der Waals surface area contributed by atoms with E-state index in [1.165, 1.54) is 0 Å². The average Bonchev–Trinajstić information content (AvgIpc) is 2.45. The summed E-state index contributed by atoms with van der Waals surface area (Å²) in [6.45, 7) is 3.83. The Bertz CT molecular complexity index is 476. The van der Waals surface area contributed by atoms with Gasteiger partial charge in [0.05, 0.1) is 11.7 Å². The van der Waals surface area contributed by atoms with Crippen LogP contribution < -0.4 is 20.9 Å². The van der Waals surface area contributed by atoms with Crippen molar-refractivity contribution < 1.29 is 4.79 Å². The maximum Gasteiger partial charge on any atom is 0.269 e. The van der Waals surface area contributed by atoms with E-state index in [4.69, 9.17) is 0 Å². The number of pyridine rings is 1. The van der Waals surface area contributed by atoms with Gasteiger partial charge in [0.1, 0.15) is 5.69 Å². The van der Waals surface area contributed by atoms with Crippen molar-refractivity contribution in [1.29, 1.82) is 0 Å². The van der Waals surface area contributed by atoms with Crippen LogP contribution in [0.25, 0.3) is 0 Å². The Kier molecular flexibility index (Phi) is 2.79. The number of carbonyl (C=O) groups is 1. The first-order valence-corrected chi connectivity index (χ1v) is 6.24. The summed E-state index contributed by atoms with van der Waals surface area (Å²) in [6, 6.07) is 4.24. The standard InChI is InChI=1S/C12H17N5O/c1-13-12(18)9-2-3-10-11(16-9)15-7-8-6-14-4-5-17(8)10/h2-3,8,14H,4-7H2,1H3,(H,13,18)(H,15,16). The molecule has 3 rings (SSSR count). The van der Waals surface area contributed by atoms with Crippen LogP contribution in [0.3, 0.4) is 0 Å². The lowest BCUT2D eigenvalue weighted by molar-refractivity contribution is 0.0958. The quantitative estimate of drug-likeness (QED) is 0.632. The predicted molar refractivity (Wildman–Crippen MR) is 70.1 cm³/mol. The third-order valence-electron chi connectivity index (χ3n) is 3.50. The first-order chi connectivity index (χ1) is 8.79. The maximum atomic E-state index is 11.6. The number of nitrogens with one attached hydrogen (secondary N) is 3. The maximum absolute atomic E-state index is 11.6. The zero-order valence-corrected chi connectivity index (χ0v) is 10.4. The summed E-state index contributed by atoms with van der Waals surface area (Å²) in [5.41, 5.74) is 1.55. The minimum atomic E-state index is -0.151. The summed E-state index contributed by atoms with van der Waals surface area (Å²) in [7, 11) is 1.61. The van der Waals surface area contributed by atoms with Gasteiger partial charge in [0.15, 0.2) is 5.82 Å². The van der Waals surface area contributed by atoms with Gasteiger partial charge in [-0.25, -0.2) is 4.98 Å². The smallest absolute Gasteiger partial charge is 0.269 e. The minimum absolute atomic E-state index is 0.151. The first-order valence-electron chi connectivity index (χ1n) is 6.24. The number of carbonyl (C=O) groups excluding carboxylic acids is 1. The molecule has 1 aromatic heterocycles. The summed E-state index contributed by atoms with van der Waals surface area (Å²) in [4.78, 5) is 18.3. The van der Waals surface area contributed by atoms with Gasteiger partial charge in [-0.15, -0.1) is 0 Å². The highest BCUT2D eigenvalue weighted by Gasteiger charge is 2.29. The minimum Gasteiger partial charge on any atom is -0.366 e. The molecule has 2 aliphatic heterocycles. The van der Waals surface area contributed by atoms with Gasteiger partial charge in [-0.3, -0.25) is 4.79 Å². The molecule has 0 spiro atoms. The fourth-order valence-corrected chi connectivity index (χ4v) is 2.54. The van der Waals surface area contributed by atoms with E-state index < -0.39 is 0 Å². The van der Waals surface area contributed by atoms with E-state index >= 15 is 0 Å². The van der Waals surface area contributed by atoms with Gasteiger partial charge in [0, 0.05) is 33.2 Å². The van der Waals surface area contributed by atoms with Crippen molar-refractivity contribution in [2.45, 2.75) is 6.04 Å². The van der Waals surface area contributed by atoms with Crippen molar-refractivity contribution in [3.8, 4) is 0 Å². The van der Waals surface area contributed by atoms with Crippen molar-refractivity contribution in [3.63, 3.8) is 0 Å². The molecular formula is C12H17N5O. The van der Waals surface area contributed by atoms with Crippen molar-refractivity contribution in [2.75, 3.05) is 43.4 Å². The Morgan fingerprint density at radius 1 is 1.50 bits per heavy atom. The molecule has 3 N–H and O–H groups in total. The Balaban J connectivity index is 1.93. The molecule has 0 aliphatic carbocycles. The van der Waals surface area contributed by atoms with Crippen LogP contribution in [-0.4, -0.2) is 50.2 Å². The third-order valence-corrected chi connectivity index (χ3v) is 3.50. The molecule has 3 heterocycles. The molecule has 96 valence electrons. The second-order valence-electron chi connectivity index (χ2n) is 4.58. The molecule has 6 heteroatoms. The van der Waals surface area contributed by atoms with E-state index in [0.717, 1.165) is 37.7 Å². The number of piperazine rings is 1. The van der Waals surface area contributed by atoms with Crippen molar-refractivity contribution >= 4 is 17.4 Å². The summed E-state index contributed by atoms with van der Waals surface area (Å²) >= 11 is 0. The van der Waals surface area contributed by atoms with Crippen LogP contribution in [0, 0.1) is 0 Å². The molecule has 18 heavy (non-hydrogen) atoms. The number of rotatable bonds is 1. The molecular weight excluding hydrogens is 230 g/mol. The topological polar surface area (TPSA) is 69.3 Å². The fraction of sp³-hybridized carbons (Fsp3) is 0.500. The van der Waals surface area contributed by atoms with Gasteiger partial charge in [-0.1, -0.05) is 0 Å². The Morgan fingerprint density at radius 3 is 3.22 bits per heavy atom. The Labute approximate surface area is 106 Å². The molecule has 1 amide bonds.